The van der Waals surface area contributed by atoms with Crippen LogP contribution in [0.25, 0.3) is 99.4 Å². The van der Waals surface area contributed by atoms with Gasteiger partial charge in [-0.05, 0) is 60.7 Å². The van der Waals surface area contributed by atoms with E-state index in [0.29, 0.717) is 0 Å². The van der Waals surface area contributed by atoms with Crippen LogP contribution in [0.2, 0.25) is 0 Å². The number of hydrogen-bond donors (Lipinski definition) is 0. The Labute approximate surface area is 260 Å². The molecule has 5 aromatic heterocycles. The van der Waals surface area contributed by atoms with Crippen molar-refractivity contribution < 1.29 is 8.83 Å². The van der Waals surface area contributed by atoms with Gasteiger partial charge in [0, 0.05) is 43.7 Å². The van der Waals surface area contributed by atoms with E-state index >= 15 is 0 Å². The van der Waals surface area contributed by atoms with Crippen LogP contribution in [0.1, 0.15) is 0 Å². The highest BCUT2D eigenvalue weighted by Crippen LogP contribution is 2.38. The molecule has 0 aliphatic carbocycles. The Morgan fingerprint density at radius 1 is 0.370 bits per heavy atom. The van der Waals surface area contributed by atoms with Gasteiger partial charge in [-0.1, -0.05) is 72.8 Å². The van der Waals surface area contributed by atoms with Gasteiger partial charge in [-0.15, -0.1) is 0 Å². The minimum absolute atomic E-state index is 0.805. The molecule has 0 N–H and O–H groups in total. The van der Waals surface area contributed by atoms with Gasteiger partial charge in [0.1, 0.15) is 33.4 Å². The van der Waals surface area contributed by atoms with E-state index in [1.54, 1.807) is 0 Å². The maximum atomic E-state index is 6.16. The van der Waals surface area contributed by atoms with Gasteiger partial charge in [0.2, 0.25) is 0 Å². The molecule has 0 aliphatic rings. The second-order valence-electron chi connectivity index (χ2n) is 11.8. The molecular weight excluding hydrogens is 568 g/mol. The molecule has 11 aromatic rings. The lowest BCUT2D eigenvalue weighted by atomic mass is 10.1. The molecular formula is C40H22N4O2. The van der Waals surface area contributed by atoms with Crippen LogP contribution in [-0.2, 0) is 0 Å². The molecule has 0 radical (unpaired) electrons. The zero-order valence-electron chi connectivity index (χ0n) is 24.3. The third-order valence-corrected chi connectivity index (χ3v) is 9.32. The number of rotatable bonds is 2. The Morgan fingerprint density at radius 3 is 1.28 bits per heavy atom. The van der Waals surface area contributed by atoms with Gasteiger partial charge in [0.15, 0.2) is 11.3 Å². The second kappa shape index (κ2) is 8.61. The fourth-order valence-corrected chi connectivity index (χ4v) is 7.29. The van der Waals surface area contributed by atoms with E-state index in [1.165, 1.54) is 0 Å². The van der Waals surface area contributed by atoms with Crippen molar-refractivity contribution in [1.29, 1.82) is 0 Å². The van der Waals surface area contributed by atoms with Gasteiger partial charge in [0.25, 0.3) is 0 Å². The summed E-state index contributed by atoms with van der Waals surface area (Å²) in [6, 6.07) is 45.9. The number of benzene rings is 6. The fourth-order valence-electron chi connectivity index (χ4n) is 7.29. The van der Waals surface area contributed by atoms with Crippen LogP contribution in [0.3, 0.4) is 0 Å². The summed E-state index contributed by atoms with van der Waals surface area (Å²) in [5, 5.41) is 6.46. The van der Waals surface area contributed by atoms with Gasteiger partial charge < -0.3 is 8.83 Å². The zero-order chi connectivity index (χ0) is 29.9. The zero-order valence-corrected chi connectivity index (χ0v) is 24.3. The summed E-state index contributed by atoms with van der Waals surface area (Å²) < 4.78 is 16.8. The molecule has 46 heavy (non-hydrogen) atoms. The van der Waals surface area contributed by atoms with Crippen molar-refractivity contribution >= 4 is 88.0 Å². The highest BCUT2D eigenvalue weighted by Gasteiger charge is 2.22. The topological polar surface area (TPSA) is 61.9 Å². The van der Waals surface area contributed by atoms with Crippen molar-refractivity contribution in [1.82, 2.24) is 19.1 Å². The van der Waals surface area contributed by atoms with E-state index in [2.05, 4.69) is 118 Å². The van der Waals surface area contributed by atoms with Crippen molar-refractivity contribution in [3.05, 3.63) is 133 Å². The van der Waals surface area contributed by atoms with Gasteiger partial charge in [0.05, 0.1) is 11.0 Å². The molecule has 11 rings (SSSR count). The number of nitrogens with zero attached hydrogens (tertiary/aromatic N) is 4. The molecule has 6 nitrogen and oxygen atoms in total. The van der Waals surface area contributed by atoms with Crippen LogP contribution < -0.4 is 0 Å². The van der Waals surface area contributed by atoms with Crippen molar-refractivity contribution in [2.75, 3.05) is 0 Å². The number of para-hydroxylation sites is 4. The Kier molecular flexibility index (Phi) is 4.49. The van der Waals surface area contributed by atoms with Crippen LogP contribution in [0.15, 0.2) is 142 Å². The summed E-state index contributed by atoms with van der Waals surface area (Å²) in [6.45, 7) is 0. The third kappa shape index (κ3) is 3.09. The Hall–Kier alpha value is -6.40. The molecule has 0 unspecified atom stereocenters. The van der Waals surface area contributed by atoms with Gasteiger partial charge in [-0.3, -0.25) is 9.13 Å². The highest BCUT2D eigenvalue weighted by atomic mass is 16.3. The van der Waals surface area contributed by atoms with Gasteiger partial charge >= 0.3 is 0 Å². The Morgan fingerprint density at radius 2 is 0.783 bits per heavy atom. The molecule has 0 atom stereocenters. The molecule has 0 spiro atoms. The maximum absolute atomic E-state index is 6.16. The van der Waals surface area contributed by atoms with E-state index in [0.717, 1.165) is 99.4 Å². The molecule has 0 saturated heterocycles. The van der Waals surface area contributed by atoms with Crippen LogP contribution in [0.4, 0.5) is 0 Å². The van der Waals surface area contributed by atoms with Gasteiger partial charge in [-0.25, -0.2) is 9.97 Å². The number of hydrogen-bond acceptors (Lipinski definition) is 4. The van der Waals surface area contributed by atoms with Crippen molar-refractivity contribution in [2.45, 2.75) is 0 Å². The highest BCUT2D eigenvalue weighted by molar-refractivity contribution is 6.14. The summed E-state index contributed by atoms with van der Waals surface area (Å²) in [6.07, 6.45) is 0. The predicted molar refractivity (Wildman–Crippen MR) is 185 cm³/mol. The van der Waals surface area contributed by atoms with Crippen LogP contribution in [-0.4, -0.2) is 19.1 Å². The molecule has 6 heteroatoms. The van der Waals surface area contributed by atoms with E-state index in [4.69, 9.17) is 18.8 Å². The quantitative estimate of drug-likeness (QED) is 0.201. The maximum Gasteiger partial charge on any atom is 0.166 e. The summed E-state index contributed by atoms with van der Waals surface area (Å²) in [4.78, 5) is 10.9. The normalized spacial score (nSPS) is 12.3. The minimum atomic E-state index is 0.805. The summed E-state index contributed by atoms with van der Waals surface area (Å²) in [5.74, 6) is 0. The largest absolute Gasteiger partial charge is 0.456 e. The number of aromatic nitrogens is 4. The van der Waals surface area contributed by atoms with Crippen molar-refractivity contribution in [3.63, 3.8) is 0 Å². The first-order valence-electron chi connectivity index (χ1n) is 15.3. The Bertz CT molecular complexity index is 2840. The van der Waals surface area contributed by atoms with E-state index < -0.39 is 0 Å². The predicted octanol–water partition coefficient (Wildman–Crippen LogP) is 10.5. The number of fused-ring (bicyclic) bond motifs is 12. The lowest BCUT2D eigenvalue weighted by Gasteiger charge is -2.09. The SMILES string of the molecule is c1ccc2c(c1)oc1ccc(-n3c4ccccc4c4nc5c6ccccc6n(-c6ccc7oc8ccccc8c7c6)c5nc43)cc12. The average Bonchev–Trinajstić information content (AvgIpc) is 3.84. The molecule has 0 fully saturated rings. The average molecular weight is 591 g/mol. The van der Waals surface area contributed by atoms with Crippen LogP contribution >= 0.6 is 0 Å². The fraction of sp³-hybridized carbons (Fsp3) is 0. The molecule has 0 bridgehead atoms. The number of furan rings is 2. The molecule has 6 aromatic carbocycles. The standard InChI is InChI=1S/C40H22N4O2/c1-5-13-31-27(11-1)37-39(43(31)23-17-19-35-29(21-23)25-9-3-7-15-33(25)45-35)42-40-38(41-37)28-12-2-6-14-32(28)44(40)24-18-20-36-30(22-24)26-10-4-8-16-34(26)46-36/h1-22H. The van der Waals surface area contributed by atoms with Crippen molar-refractivity contribution in [2.24, 2.45) is 0 Å². The van der Waals surface area contributed by atoms with Crippen LogP contribution in [0, 0.1) is 0 Å². The first kappa shape index (κ1) is 24.0. The van der Waals surface area contributed by atoms with E-state index in [1.807, 2.05) is 24.3 Å². The smallest absolute Gasteiger partial charge is 0.166 e. The molecule has 5 heterocycles. The lowest BCUT2D eigenvalue weighted by Crippen LogP contribution is -1.99. The molecule has 0 saturated carbocycles. The monoisotopic (exact) mass is 590 g/mol. The lowest BCUT2D eigenvalue weighted by molar-refractivity contribution is 0.668. The van der Waals surface area contributed by atoms with E-state index in [9.17, 15) is 0 Å². The first-order valence-corrected chi connectivity index (χ1v) is 15.3. The Balaban J connectivity index is 1.26. The summed E-state index contributed by atoms with van der Waals surface area (Å²) >= 11 is 0. The summed E-state index contributed by atoms with van der Waals surface area (Å²) in [5.41, 5.74) is 11.0. The summed E-state index contributed by atoms with van der Waals surface area (Å²) in [7, 11) is 0. The molecule has 214 valence electrons. The van der Waals surface area contributed by atoms with Crippen molar-refractivity contribution in [3.8, 4) is 11.4 Å². The van der Waals surface area contributed by atoms with E-state index in [-0.39, 0.29) is 0 Å². The first-order chi connectivity index (χ1) is 22.8. The molecule has 0 aliphatic heterocycles. The second-order valence-corrected chi connectivity index (χ2v) is 11.8. The van der Waals surface area contributed by atoms with Gasteiger partial charge in [-0.2, -0.15) is 0 Å². The minimum Gasteiger partial charge on any atom is -0.456 e. The van der Waals surface area contributed by atoms with Crippen LogP contribution in [0.5, 0.6) is 0 Å². The third-order valence-electron chi connectivity index (χ3n) is 9.32. The molecule has 0 amide bonds.